The van der Waals surface area contributed by atoms with Crippen LogP contribution in [-0.2, 0) is 6.54 Å². The third-order valence-electron chi connectivity index (χ3n) is 2.99. The van der Waals surface area contributed by atoms with E-state index in [9.17, 15) is 0 Å². The van der Waals surface area contributed by atoms with Crippen molar-refractivity contribution in [2.45, 2.75) is 13.5 Å². The molecule has 0 bridgehead atoms. The number of rotatable bonds is 6. The summed E-state index contributed by atoms with van der Waals surface area (Å²) in [6.07, 6.45) is 1.78. The van der Waals surface area contributed by atoms with Crippen LogP contribution in [0.3, 0.4) is 0 Å². The fourth-order valence-corrected chi connectivity index (χ4v) is 2.10. The van der Waals surface area contributed by atoms with Gasteiger partial charge in [-0.2, -0.15) is 0 Å². The van der Waals surface area contributed by atoms with E-state index in [4.69, 9.17) is 4.74 Å². The van der Waals surface area contributed by atoms with Gasteiger partial charge in [-0.15, -0.1) is 0 Å². The Morgan fingerprint density at radius 1 is 1.22 bits per heavy atom. The molecule has 2 aromatic carbocycles. The van der Waals surface area contributed by atoms with Gasteiger partial charge in [-0.25, -0.2) is 0 Å². The molecule has 0 aromatic heterocycles. The largest absolute Gasteiger partial charge is 0.489 e. The third kappa shape index (κ3) is 2.71. The van der Waals surface area contributed by atoms with Crippen LogP contribution in [0, 0.1) is 0 Å². The van der Waals surface area contributed by atoms with Crippen LogP contribution >= 0.6 is 0 Å². The van der Waals surface area contributed by atoms with Crippen molar-refractivity contribution in [3.63, 3.8) is 0 Å². The second kappa shape index (κ2) is 6.22. The summed E-state index contributed by atoms with van der Waals surface area (Å²) in [7, 11) is 0. The molecule has 0 saturated carbocycles. The third-order valence-corrected chi connectivity index (χ3v) is 2.99. The summed E-state index contributed by atoms with van der Waals surface area (Å²) in [6, 6.07) is 12.6. The van der Waals surface area contributed by atoms with Crippen molar-refractivity contribution in [1.82, 2.24) is 0 Å². The van der Waals surface area contributed by atoms with E-state index >= 15 is 0 Å². The Bertz CT molecular complexity index is 534. The predicted molar refractivity (Wildman–Crippen MR) is 75.8 cm³/mol. The second-order valence-electron chi connectivity index (χ2n) is 4.26. The highest BCUT2D eigenvalue weighted by atomic mass is 16.5. The zero-order valence-corrected chi connectivity index (χ0v) is 10.9. The number of hydrogen-bond acceptors (Lipinski definition) is 1. The Labute approximate surface area is 108 Å². The van der Waals surface area contributed by atoms with Crippen molar-refractivity contribution >= 4 is 10.8 Å². The van der Waals surface area contributed by atoms with Crippen LogP contribution in [0.4, 0.5) is 0 Å². The molecule has 0 atom stereocenters. The van der Waals surface area contributed by atoms with Crippen LogP contribution in [-0.4, -0.2) is 13.2 Å². The van der Waals surface area contributed by atoms with Crippen molar-refractivity contribution in [2.24, 2.45) is 0 Å². The minimum atomic E-state index is 0.553. The molecule has 2 heteroatoms. The summed E-state index contributed by atoms with van der Waals surface area (Å²) in [4.78, 5) is 0. The zero-order valence-electron chi connectivity index (χ0n) is 10.9. The number of benzene rings is 2. The maximum atomic E-state index is 5.75. The summed E-state index contributed by atoms with van der Waals surface area (Å²) < 4.78 is 5.75. The van der Waals surface area contributed by atoms with Gasteiger partial charge in [0, 0.05) is 0 Å². The summed E-state index contributed by atoms with van der Waals surface area (Å²) >= 11 is 0. The topological polar surface area (TPSA) is 25.8 Å². The number of fused-ring (bicyclic) bond motifs is 1. The quantitative estimate of drug-likeness (QED) is 0.774. The Morgan fingerprint density at radius 2 is 2.06 bits per heavy atom. The molecule has 0 radical (unpaired) electrons. The van der Waals surface area contributed by atoms with Crippen LogP contribution in [0.15, 0.2) is 49.1 Å². The van der Waals surface area contributed by atoms with Crippen molar-refractivity contribution in [3.05, 3.63) is 54.6 Å². The van der Waals surface area contributed by atoms with Crippen molar-refractivity contribution in [2.75, 3.05) is 13.2 Å². The number of ether oxygens (including phenoxy) is 1. The maximum absolute atomic E-state index is 5.75. The van der Waals surface area contributed by atoms with Gasteiger partial charge in [-0.05, 0) is 23.8 Å². The summed E-state index contributed by atoms with van der Waals surface area (Å²) in [5.41, 5.74) is 1.27. The molecule has 2 rings (SSSR count). The molecule has 0 amide bonds. The van der Waals surface area contributed by atoms with E-state index in [1.165, 1.54) is 16.3 Å². The van der Waals surface area contributed by atoms with Gasteiger partial charge in [0.1, 0.15) is 18.9 Å². The van der Waals surface area contributed by atoms with Crippen LogP contribution in [0.1, 0.15) is 12.5 Å². The van der Waals surface area contributed by atoms with E-state index in [2.05, 4.69) is 55.2 Å². The molecule has 0 aliphatic rings. The minimum Gasteiger partial charge on any atom is -0.489 e. The summed E-state index contributed by atoms with van der Waals surface area (Å²) in [5, 5.41) is 4.83. The van der Waals surface area contributed by atoms with Crippen LogP contribution in [0.2, 0.25) is 0 Å². The number of nitrogens with two attached hydrogens (primary N) is 1. The molecule has 0 fully saturated rings. The normalized spacial score (nSPS) is 10.5. The van der Waals surface area contributed by atoms with Gasteiger partial charge in [0.25, 0.3) is 0 Å². The van der Waals surface area contributed by atoms with Crippen molar-refractivity contribution in [3.8, 4) is 5.75 Å². The van der Waals surface area contributed by atoms with E-state index in [0.29, 0.717) is 6.61 Å². The zero-order chi connectivity index (χ0) is 12.8. The van der Waals surface area contributed by atoms with E-state index in [-0.39, 0.29) is 0 Å². The second-order valence-corrected chi connectivity index (χ2v) is 4.26. The molecule has 0 aliphatic carbocycles. The van der Waals surface area contributed by atoms with E-state index < -0.39 is 0 Å². The lowest BCUT2D eigenvalue weighted by molar-refractivity contribution is -0.667. The average Bonchev–Trinajstić information content (AvgIpc) is 2.43. The molecule has 18 heavy (non-hydrogen) atoms. The van der Waals surface area contributed by atoms with Crippen LogP contribution in [0.5, 0.6) is 5.75 Å². The smallest absolute Gasteiger partial charge is 0.129 e. The first-order chi connectivity index (χ1) is 8.86. The molecule has 94 valence electrons. The van der Waals surface area contributed by atoms with Crippen molar-refractivity contribution < 1.29 is 10.1 Å². The highest BCUT2D eigenvalue weighted by Gasteiger charge is 2.09. The SMILES string of the molecule is C=CCOc1ccc2ccccc2c1C[NH2+]CC. The molecule has 2 nitrogen and oxygen atoms in total. The van der Waals surface area contributed by atoms with Crippen LogP contribution < -0.4 is 10.1 Å². The lowest BCUT2D eigenvalue weighted by atomic mass is 10.0. The van der Waals surface area contributed by atoms with Gasteiger partial charge >= 0.3 is 0 Å². The Morgan fingerprint density at radius 3 is 2.83 bits per heavy atom. The summed E-state index contributed by atoms with van der Waals surface area (Å²) in [5.74, 6) is 0.971. The monoisotopic (exact) mass is 242 g/mol. The molecular weight excluding hydrogens is 222 g/mol. The van der Waals surface area contributed by atoms with Gasteiger partial charge in [-0.3, -0.25) is 0 Å². The Balaban J connectivity index is 2.44. The predicted octanol–water partition coefficient (Wildman–Crippen LogP) is 2.49. The van der Waals surface area contributed by atoms with E-state index in [1.54, 1.807) is 6.08 Å². The highest BCUT2D eigenvalue weighted by Crippen LogP contribution is 2.27. The lowest BCUT2D eigenvalue weighted by Crippen LogP contribution is -2.81. The van der Waals surface area contributed by atoms with Gasteiger partial charge in [0.05, 0.1) is 12.1 Å². The molecule has 0 heterocycles. The Kier molecular flexibility index (Phi) is 4.37. The molecule has 2 aromatic rings. The molecule has 0 saturated heterocycles. The highest BCUT2D eigenvalue weighted by molar-refractivity contribution is 5.87. The van der Waals surface area contributed by atoms with Gasteiger partial charge < -0.3 is 10.1 Å². The first-order valence-corrected chi connectivity index (χ1v) is 6.42. The van der Waals surface area contributed by atoms with E-state index in [0.717, 1.165) is 18.8 Å². The molecule has 2 N–H and O–H groups in total. The number of hydrogen-bond donors (Lipinski definition) is 1. The van der Waals surface area contributed by atoms with Crippen LogP contribution in [0.25, 0.3) is 10.8 Å². The molecular formula is C16H20NO+. The average molecular weight is 242 g/mol. The number of quaternary nitrogens is 1. The Hall–Kier alpha value is -1.80. The van der Waals surface area contributed by atoms with Gasteiger partial charge in [0.15, 0.2) is 0 Å². The standard InChI is InChI=1S/C16H19NO/c1-3-11-18-16-10-9-13-7-5-6-8-14(13)15(16)12-17-4-2/h3,5-10,17H,1,4,11-12H2,2H3/p+1. The first kappa shape index (κ1) is 12.7. The van der Waals surface area contributed by atoms with Crippen molar-refractivity contribution in [1.29, 1.82) is 0 Å². The molecule has 0 spiro atoms. The van der Waals surface area contributed by atoms with E-state index in [1.807, 2.05) is 0 Å². The molecule has 0 unspecified atom stereocenters. The fourth-order valence-electron chi connectivity index (χ4n) is 2.10. The first-order valence-electron chi connectivity index (χ1n) is 6.42. The summed E-state index contributed by atoms with van der Waals surface area (Å²) in [6.45, 7) is 8.43. The van der Waals surface area contributed by atoms with Gasteiger partial charge in [0.2, 0.25) is 0 Å². The maximum Gasteiger partial charge on any atom is 0.129 e. The van der Waals surface area contributed by atoms with Gasteiger partial charge in [-0.1, -0.05) is 43.0 Å². The fraction of sp³-hybridized carbons (Fsp3) is 0.250. The molecule has 0 aliphatic heterocycles. The minimum absolute atomic E-state index is 0.553. The lowest BCUT2D eigenvalue weighted by Gasteiger charge is -2.12.